The van der Waals surface area contributed by atoms with E-state index in [4.69, 9.17) is 4.74 Å². The molecule has 0 aliphatic carbocycles. The summed E-state index contributed by atoms with van der Waals surface area (Å²) in [6.07, 6.45) is 5.39. The minimum absolute atomic E-state index is 0.208. The SMILES string of the molecule is CCCC1CNC(C)(CC)CN1Cc1cccnc1OC. The van der Waals surface area contributed by atoms with Gasteiger partial charge in [0.2, 0.25) is 5.88 Å². The molecular weight excluding hydrogens is 262 g/mol. The van der Waals surface area contributed by atoms with Crippen LogP contribution >= 0.6 is 0 Å². The van der Waals surface area contributed by atoms with Gasteiger partial charge < -0.3 is 10.1 Å². The molecule has 1 N–H and O–H groups in total. The van der Waals surface area contributed by atoms with Crippen LogP contribution in [0.2, 0.25) is 0 Å². The van der Waals surface area contributed by atoms with E-state index in [1.165, 1.54) is 18.4 Å². The summed E-state index contributed by atoms with van der Waals surface area (Å²) in [7, 11) is 1.70. The lowest BCUT2D eigenvalue weighted by Gasteiger charge is -2.46. The van der Waals surface area contributed by atoms with Gasteiger partial charge in [-0.1, -0.05) is 26.3 Å². The Morgan fingerprint density at radius 3 is 2.95 bits per heavy atom. The van der Waals surface area contributed by atoms with Crippen molar-refractivity contribution in [2.24, 2.45) is 0 Å². The molecule has 1 aromatic heterocycles. The molecule has 1 fully saturated rings. The average molecular weight is 291 g/mol. The number of hydrogen-bond acceptors (Lipinski definition) is 4. The number of methoxy groups -OCH3 is 1. The molecule has 21 heavy (non-hydrogen) atoms. The highest BCUT2D eigenvalue weighted by Gasteiger charge is 2.34. The Hall–Kier alpha value is -1.13. The van der Waals surface area contributed by atoms with Crippen LogP contribution < -0.4 is 10.1 Å². The van der Waals surface area contributed by atoms with Gasteiger partial charge in [-0.3, -0.25) is 4.90 Å². The summed E-state index contributed by atoms with van der Waals surface area (Å²) in [6, 6.07) is 4.72. The molecule has 1 aliphatic rings. The number of hydrogen-bond donors (Lipinski definition) is 1. The number of nitrogens with zero attached hydrogens (tertiary/aromatic N) is 2. The lowest BCUT2D eigenvalue weighted by atomic mass is 9.92. The van der Waals surface area contributed by atoms with Crippen molar-refractivity contribution in [1.29, 1.82) is 0 Å². The first-order valence-corrected chi connectivity index (χ1v) is 8.09. The van der Waals surface area contributed by atoms with Crippen molar-refractivity contribution in [2.45, 2.75) is 58.2 Å². The molecule has 0 bridgehead atoms. The second kappa shape index (κ2) is 7.23. The number of nitrogens with one attached hydrogen (secondary N) is 1. The number of pyridine rings is 1. The lowest BCUT2D eigenvalue weighted by Crippen LogP contribution is -2.62. The molecule has 2 rings (SSSR count). The van der Waals surface area contributed by atoms with Gasteiger partial charge in [0.05, 0.1) is 7.11 Å². The van der Waals surface area contributed by atoms with E-state index in [2.05, 4.69) is 42.0 Å². The highest BCUT2D eigenvalue weighted by atomic mass is 16.5. The summed E-state index contributed by atoms with van der Waals surface area (Å²) >= 11 is 0. The molecular formula is C17H29N3O. The first-order valence-electron chi connectivity index (χ1n) is 8.09. The highest BCUT2D eigenvalue weighted by Crippen LogP contribution is 2.25. The summed E-state index contributed by atoms with van der Waals surface area (Å²) in [6.45, 7) is 9.90. The molecule has 0 aromatic carbocycles. The third kappa shape index (κ3) is 3.95. The van der Waals surface area contributed by atoms with Crippen LogP contribution in [-0.2, 0) is 6.54 Å². The molecule has 2 unspecified atom stereocenters. The monoisotopic (exact) mass is 291 g/mol. The van der Waals surface area contributed by atoms with Gasteiger partial charge in [-0.15, -0.1) is 0 Å². The largest absolute Gasteiger partial charge is 0.481 e. The maximum atomic E-state index is 5.41. The Kier molecular flexibility index (Phi) is 5.59. The molecule has 4 nitrogen and oxygen atoms in total. The fourth-order valence-electron chi connectivity index (χ4n) is 3.11. The Morgan fingerprint density at radius 2 is 2.29 bits per heavy atom. The first-order chi connectivity index (χ1) is 10.1. The van der Waals surface area contributed by atoms with Gasteiger partial charge in [0.25, 0.3) is 0 Å². The van der Waals surface area contributed by atoms with Crippen molar-refractivity contribution < 1.29 is 4.74 Å². The molecule has 2 atom stereocenters. The summed E-state index contributed by atoms with van der Waals surface area (Å²) in [5.74, 6) is 0.754. The number of aromatic nitrogens is 1. The van der Waals surface area contributed by atoms with Gasteiger partial charge in [0.1, 0.15) is 0 Å². The predicted molar refractivity (Wildman–Crippen MR) is 86.6 cm³/mol. The maximum Gasteiger partial charge on any atom is 0.217 e. The molecule has 0 radical (unpaired) electrons. The van der Waals surface area contributed by atoms with Gasteiger partial charge in [0.15, 0.2) is 0 Å². The van der Waals surface area contributed by atoms with E-state index in [1.54, 1.807) is 13.3 Å². The highest BCUT2D eigenvalue weighted by molar-refractivity contribution is 5.25. The normalized spacial score (nSPS) is 26.8. The van der Waals surface area contributed by atoms with E-state index in [9.17, 15) is 0 Å². The summed E-state index contributed by atoms with van der Waals surface area (Å²) < 4.78 is 5.41. The fraction of sp³-hybridized carbons (Fsp3) is 0.706. The standard InChI is InChI=1S/C17H29N3O/c1-5-8-15-11-19-17(3,6-2)13-20(15)12-14-9-7-10-18-16(14)21-4/h7,9-10,15,19H,5-6,8,11-13H2,1-4H3. The Morgan fingerprint density at radius 1 is 1.48 bits per heavy atom. The Balaban J connectivity index is 2.15. The molecule has 0 amide bonds. The smallest absolute Gasteiger partial charge is 0.217 e. The number of ether oxygens (including phenoxy) is 1. The van der Waals surface area contributed by atoms with Crippen LogP contribution in [0.3, 0.4) is 0 Å². The fourth-order valence-corrected chi connectivity index (χ4v) is 3.11. The van der Waals surface area contributed by atoms with Crippen molar-refractivity contribution in [3.63, 3.8) is 0 Å². The summed E-state index contributed by atoms with van der Waals surface area (Å²) in [5, 5.41) is 3.74. The van der Waals surface area contributed by atoms with E-state index in [1.807, 2.05) is 6.07 Å². The summed E-state index contributed by atoms with van der Waals surface area (Å²) in [4.78, 5) is 6.93. The number of rotatable bonds is 6. The quantitative estimate of drug-likeness (QED) is 0.874. The van der Waals surface area contributed by atoms with Crippen LogP contribution in [-0.4, -0.2) is 41.7 Å². The maximum absolute atomic E-state index is 5.41. The van der Waals surface area contributed by atoms with Gasteiger partial charge in [-0.05, 0) is 25.8 Å². The van der Waals surface area contributed by atoms with Gasteiger partial charge in [-0.2, -0.15) is 0 Å². The van der Waals surface area contributed by atoms with Crippen LogP contribution in [0, 0.1) is 0 Å². The van der Waals surface area contributed by atoms with Gasteiger partial charge in [0, 0.05) is 43.0 Å². The van der Waals surface area contributed by atoms with Crippen LogP contribution in [0.25, 0.3) is 0 Å². The van der Waals surface area contributed by atoms with Crippen LogP contribution in [0.4, 0.5) is 0 Å². The molecule has 118 valence electrons. The summed E-state index contributed by atoms with van der Waals surface area (Å²) in [5.41, 5.74) is 1.39. The van der Waals surface area contributed by atoms with Gasteiger partial charge in [-0.25, -0.2) is 4.98 Å². The minimum atomic E-state index is 0.208. The first kappa shape index (κ1) is 16.2. The van der Waals surface area contributed by atoms with Crippen LogP contribution in [0.5, 0.6) is 5.88 Å². The van der Waals surface area contributed by atoms with Crippen LogP contribution in [0.15, 0.2) is 18.3 Å². The molecule has 1 aromatic rings. The van der Waals surface area contributed by atoms with Crippen LogP contribution in [0.1, 0.15) is 45.6 Å². The zero-order valence-electron chi connectivity index (χ0n) is 13.9. The zero-order valence-corrected chi connectivity index (χ0v) is 13.9. The van der Waals surface area contributed by atoms with E-state index in [-0.39, 0.29) is 5.54 Å². The molecule has 4 heteroatoms. The Bertz CT molecular complexity index is 451. The van der Waals surface area contributed by atoms with E-state index in [0.717, 1.165) is 31.9 Å². The minimum Gasteiger partial charge on any atom is -0.481 e. The van der Waals surface area contributed by atoms with Crippen molar-refractivity contribution in [1.82, 2.24) is 15.2 Å². The topological polar surface area (TPSA) is 37.4 Å². The second-order valence-electron chi connectivity index (χ2n) is 6.31. The molecule has 2 heterocycles. The van der Waals surface area contributed by atoms with Crippen molar-refractivity contribution in [3.05, 3.63) is 23.9 Å². The molecule has 1 saturated heterocycles. The molecule has 1 aliphatic heterocycles. The van der Waals surface area contributed by atoms with Crippen molar-refractivity contribution in [3.8, 4) is 5.88 Å². The van der Waals surface area contributed by atoms with E-state index in [0.29, 0.717) is 6.04 Å². The molecule has 0 saturated carbocycles. The zero-order chi connectivity index (χ0) is 15.3. The molecule has 0 spiro atoms. The van der Waals surface area contributed by atoms with Gasteiger partial charge >= 0.3 is 0 Å². The third-order valence-corrected chi connectivity index (χ3v) is 4.65. The lowest BCUT2D eigenvalue weighted by molar-refractivity contribution is 0.0717. The second-order valence-corrected chi connectivity index (χ2v) is 6.31. The van der Waals surface area contributed by atoms with Crippen molar-refractivity contribution in [2.75, 3.05) is 20.2 Å². The number of piperazine rings is 1. The predicted octanol–water partition coefficient (Wildman–Crippen LogP) is 2.83. The Labute approximate surface area is 128 Å². The van der Waals surface area contributed by atoms with E-state index < -0.39 is 0 Å². The van der Waals surface area contributed by atoms with E-state index >= 15 is 0 Å². The third-order valence-electron chi connectivity index (χ3n) is 4.65. The average Bonchev–Trinajstić information content (AvgIpc) is 2.51. The van der Waals surface area contributed by atoms with Crippen molar-refractivity contribution >= 4 is 0 Å².